The summed E-state index contributed by atoms with van der Waals surface area (Å²) in [7, 11) is 0. The maximum Gasteiger partial charge on any atom is 0.0845 e. The summed E-state index contributed by atoms with van der Waals surface area (Å²) in [6.45, 7) is 2.66. The van der Waals surface area contributed by atoms with Crippen LogP contribution in [0.5, 0.6) is 0 Å². The lowest BCUT2D eigenvalue weighted by atomic mass is 10.2. The number of aromatic nitrogens is 2. The molecule has 0 aromatic carbocycles. The number of rotatable bonds is 3. The molecule has 0 saturated heterocycles. The summed E-state index contributed by atoms with van der Waals surface area (Å²) in [5.74, 6) is 0. The van der Waals surface area contributed by atoms with Gasteiger partial charge in [-0.05, 0) is 19.1 Å². The fraction of sp³-hybridized carbons (Fsp3) is 0.182. The van der Waals surface area contributed by atoms with Gasteiger partial charge in [0.1, 0.15) is 0 Å². The second-order valence-electron chi connectivity index (χ2n) is 2.92. The number of aromatic amines is 1. The van der Waals surface area contributed by atoms with Gasteiger partial charge in [0, 0.05) is 23.3 Å². The summed E-state index contributed by atoms with van der Waals surface area (Å²) in [5.41, 5.74) is 2.17. The average Bonchev–Trinajstić information content (AvgIpc) is 2.63. The Morgan fingerprint density at radius 1 is 1.57 bits per heavy atom. The maximum absolute atomic E-state index is 5.15. The molecular weight excluding hydrogens is 176 g/mol. The molecule has 0 radical (unpaired) electrons. The van der Waals surface area contributed by atoms with Crippen LogP contribution in [0, 0.1) is 0 Å². The van der Waals surface area contributed by atoms with Crippen molar-refractivity contribution >= 4 is 17.0 Å². The van der Waals surface area contributed by atoms with E-state index in [-0.39, 0.29) is 0 Å². The summed E-state index contributed by atoms with van der Waals surface area (Å²) in [6.07, 6.45) is 9.20. The first-order valence-electron chi connectivity index (χ1n) is 4.61. The molecule has 3 nitrogen and oxygen atoms in total. The second kappa shape index (κ2) is 3.96. The molecule has 0 saturated carbocycles. The molecule has 0 atom stereocenters. The number of pyridine rings is 1. The highest BCUT2D eigenvalue weighted by molar-refractivity contribution is 5.87. The molecule has 2 aromatic heterocycles. The van der Waals surface area contributed by atoms with Gasteiger partial charge in [0.25, 0.3) is 0 Å². The molecule has 0 amide bonds. The third-order valence-electron chi connectivity index (χ3n) is 2.03. The van der Waals surface area contributed by atoms with Crippen LogP contribution in [0.2, 0.25) is 0 Å². The molecule has 0 aliphatic rings. The van der Waals surface area contributed by atoms with Crippen LogP contribution in [-0.2, 0) is 4.74 Å². The summed E-state index contributed by atoms with van der Waals surface area (Å²) in [4.78, 5) is 7.18. The lowest BCUT2D eigenvalue weighted by molar-refractivity contribution is 0.272. The molecule has 0 aliphatic heterocycles. The van der Waals surface area contributed by atoms with Crippen LogP contribution < -0.4 is 0 Å². The highest BCUT2D eigenvalue weighted by Gasteiger charge is 1.98. The van der Waals surface area contributed by atoms with E-state index in [9.17, 15) is 0 Å². The molecule has 2 heterocycles. The minimum atomic E-state index is 0.695. The van der Waals surface area contributed by atoms with Gasteiger partial charge in [-0.3, -0.25) is 4.98 Å². The van der Waals surface area contributed by atoms with Crippen molar-refractivity contribution in [1.82, 2.24) is 9.97 Å². The van der Waals surface area contributed by atoms with Crippen molar-refractivity contribution in [2.45, 2.75) is 6.92 Å². The highest BCUT2D eigenvalue weighted by atomic mass is 16.5. The van der Waals surface area contributed by atoms with Gasteiger partial charge in [-0.15, -0.1) is 0 Å². The second-order valence-corrected chi connectivity index (χ2v) is 2.92. The number of nitrogens with one attached hydrogen (secondary N) is 1. The van der Waals surface area contributed by atoms with E-state index in [1.165, 1.54) is 0 Å². The van der Waals surface area contributed by atoms with Gasteiger partial charge < -0.3 is 9.72 Å². The van der Waals surface area contributed by atoms with E-state index in [0.717, 1.165) is 16.5 Å². The van der Waals surface area contributed by atoms with Gasteiger partial charge in [-0.1, -0.05) is 0 Å². The highest BCUT2D eigenvalue weighted by Crippen LogP contribution is 2.17. The number of fused-ring (bicyclic) bond motifs is 1. The third kappa shape index (κ3) is 1.62. The average molecular weight is 188 g/mol. The van der Waals surface area contributed by atoms with Gasteiger partial charge in [0.15, 0.2) is 0 Å². The lowest BCUT2D eigenvalue weighted by Gasteiger charge is -1.92. The van der Waals surface area contributed by atoms with E-state index < -0.39 is 0 Å². The summed E-state index contributed by atoms with van der Waals surface area (Å²) < 4.78 is 5.15. The fourth-order valence-electron chi connectivity index (χ4n) is 1.35. The molecule has 1 N–H and O–H groups in total. The molecule has 72 valence electrons. The van der Waals surface area contributed by atoms with Gasteiger partial charge >= 0.3 is 0 Å². The number of hydrogen-bond donors (Lipinski definition) is 1. The third-order valence-corrected chi connectivity index (χ3v) is 2.03. The first-order chi connectivity index (χ1) is 6.92. The summed E-state index contributed by atoms with van der Waals surface area (Å²) in [5, 5.41) is 1.16. The number of nitrogens with zero attached hydrogens (tertiary/aromatic N) is 1. The van der Waals surface area contributed by atoms with Crippen LogP contribution in [0.15, 0.2) is 30.9 Å². The molecule has 0 unspecified atom stereocenters. The zero-order valence-electron chi connectivity index (χ0n) is 8.03. The van der Waals surface area contributed by atoms with Crippen LogP contribution in [0.1, 0.15) is 12.5 Å². The van der Waals surface area contributed by atoms with Crippen molar-refractivity contribution in [2.24, 2.45) is 0 Å². The van der Waals surface area contributed by atoms with Crippen molar-refractivity contribution in [1.29, 1.82) is 0 Å². The van der Waals surface area contributed by atoms with Crippen LogP contribution in [0.25, 0.3) is 17.0 Å². The number of hydrogen-bond acceptors (Lipinski definition) is 2. The Bertz CT molecular complexity index is 445. The number of ether oxygens (including phenoxy) is 1. The van der Waals surface area contributed by atoms with Crippen LogP contribution >= 0.6 is 0 Å². The van der Waals surface area contributed by atoms with Crippen LogP contribution in [0.3, 0.4) is 0 Å². The minimum absolute atomic E-state index is 0.695. The molecular formula is C11H12N2O. The van der Waals surface area contributed by atoms with E-state index in [4.69, 9.17) is 4.74 Å². The minimum Gasteiger partial charge on any atom is -0.501 e. The van der Waals surface area contributed by atoms with Crippen molar-refractivity contribution in [3.63, 3.8) is 0 Å². The van der Waals surface area contributed by atoms with Crippen molar-refractivity contribution in [3.05, 3.63) is 36.5 Å². The molecule has 0 spiro atoms. The first-order valence-corrected chi connectivity index (χ1v) is 4.61. The van der Waals surface area contributed by atoms with E-state index in [1.54, 1.807) is 12.5 Å². The number of H-pyrrole nitrogens is 1. The van der Waals surface area contributed by atoms with Gasteiger partial charge in [0.2, 0.25) is 0 Å². The van der Waals surface area contributed by atoms with E-state index in [1.807, 2.05) is 31.5 Å². The molecule has 0 fully saturated rings. The van der Waals surface area contributed by atoms with E-state index >= 15 is 0 Å². The van der Waals surface area contributed by atoms with Gasteiger partial charge in [-0.25, -0.2) is 0 Å². The molecule has 2 aromatic rings. The topological polar surface area (TPSA) is 37.9 Å². The van der Waals surface area contributed by atoms with Crippen LogP contribution in [0.4, 0.5) is 0 Å². The van der Waals surface area contributed by atoms with E-state index in [2.05, 4.69) is 9.97 Å². The Morgan fingerprint density at radius 3 is 3.36 bits per heavy atom. The zero-order valence-corrected chi connectivity index (χ0v) is 8.03. The summed E-state index contributed by atoms with van der Waals surface area (Å²) >= 11 is 0. The monoisotopic (exact) mass is 188 g/mol. The molecule has 2 rings (SSSR count). The standard InChI is InChI=1S/C11H12N2O/c1-2-14-6-4-9-7-13-11-8-12-5-3-10(9)11/h3-8,13H,2H2,1H3/b6-4+. The van der Waals surface area contributed by atoms with Crippen LogP contribution in [-0.4, -0.2) is 16.6 Å². The quantitative estimate of drug-likeness (QED) is 0.752. The van der Waals surface area contributed by atoms with Crippen molar-refractivity contribution in [2.75, 3.05) is 6.61 Å². The predicted molar refractivity (Wildman–Crippen MR) is 56.8 cm³/mol. The van der Waals surface area contributed by atoms with Gasteiger partial charge in [-0.2, -0.15) is 0 Å². The zero-order chi connectivity index (χ0) is 9.80. The normalized spacial score (nSPS) is 11.2. The largest absolute Gasteiger partial charge is 0.501 e. The molecule has 3 heteroatoms. The Morgan fingerprint density at radius 2 is 2.50 bits per heavy atom. The Hall–Kier alpha value is -1.77. The van der Waals surface area contributed by atoms with E-state index in [0.29, 0.717) is 6.61 Å². The van der Waals surface area contributed by atoms with Crippen molar-refractivity contribution < 1.29 is 4.74 Å². The Balaban J connectivity index is 2.34. The SMILES string of the molecule is CCO/C=C/c1c[nH]c2cnccc12. The molecule has 0 aliphatic carbocycles. The summed E-state index contributed by atoms with van der Waals surface area (Å²) in [6, 6.07) is 1.98. The predicted octanol–water partition coefficient (Wildman–Crippen LogP) is 2.57. The first kappa shape index (κ1) is 8.81. The van der Waals surface area contributed by atoms with Gasteiger partial charge in [0.05, 0.1) is 24.6 Å². The lowest BCUT2D eigenvalue weighted by Crippen LogP contribution is -1.76. The fourth-order valence-corrected chi connectivity index (χ4v) is 1.35. The molecule has 14 heavy (non-hydrogen) atoms. The Labute approximate surface area is 82.4 Å². The maximum atomic E-state index is 5.15. The Kier molecular flexibility index (Phi) is 2.49. The van der Waals surface area contributed by atoms with Crippen molar-refractivity contribution in [3.8, 4) is 0 Å². The molecule has 0 bridgehead atoms. The smallest absolute Gasteiger partial charge is 0.0845 e.